The van der Waals surface area contributed by atoms with Gasteiger partial charge in [-0.25, -0.2) is 0 Å². The van der Waals surface area contributed by atoms with Crippen LogP contribution in [0.5, 0.6) is 5.75 Å². The molecular weight excluding hydrogens is 448 g/mol. The molecular formula is C31H28N2O3. The molecule has 0 unspecified atom stereocenters. The monoisotopic (exact) mass is 476 g/mol. The molecule has 0 saturated carbocycles. The fourth-order valence-electron chi connectivity index (χ4n) is 4.50. The molecule has 1 aromatic heterocycles. The van der Waals surface area contributed by atoms with Crippen LogP contribution in [0, 0.1) is 0 Å². The second-order valence-electron chi connectivity index (χ2n) is 8.98. The Morgan fingerprint density at radius 2 is 1.67 bits per heavy atom. The predicted octanol–water partition coefficient (Wildman–Crippen LogP) is 7.37. The third-order valence-electron chi connectivity index (χ3n) is 6.40. The molecule has 180 valence electrons. The lowest BCUT2D eigenvalue weighted by atomic mass is 9.96. The third kappa shape index (κ3) is 4.43. The molecule has 1 amide bonds. The van der Waals surface area contributed by atoms with Crippen molar-refractivity contribution < 1.29 is 13.9 Å². The van der Waals surface area contributed by atoms with Crippen LogP contribution in [-0.2, 0) is 4.79 Å². The van der Waals surface area contributed by atoms with E-state index in [-0.39, 0.29) is 5.91 Å². The highest BCUT2D eigenvalue weighted by Crippen LogP contribution is 2.39. The molecule has 1 heterocycles. The molecule has 0 fully saturated rings. The van der Waals surface area contributed by atoms with Crippen LogP contribution in [0.25, 0.3) is 38.4 Å². The Morgan fingerprint density at radius 3 is 2.42 bits per heavy atom. The summed E-state index contributed by atoms with van der Waals surface area (Å²) in [5.41, 5.74) is 6.28. The first-order valence-corrected chi connectivity index (χ1v) is 11.8. The smallest absolute Gasteiger partial charge is 0.248 e. The molecule has 0 aliphatic rings. The highest BCUT2D eigenvalue weighted by Gasteiger charge is 2.16. The van der Waals surface area contributed by atoms with Crippen LogP contribution in [0.3, 0.4) is 0 Å². The van der Waals surface area contributed by atoms with E-state index in [1.54, 1.807) is 19.4 Å². The van der Waals surface area contributed by atoms with Gasteiger partial charge in [0.1, 0.15) is 11.3 Å². The Kier molecular flexibility index (Phi) is 6.21. The van der Waals surface area contributed by atoms with Gasteiger partial charge in [0.05, 0.1) is 13.4 Å². The number of fused-ring (bicyclic) bond motifs is 2. The van der Waals surface area contributed by atoms with Crippen molar-refractivity contribution in [3.05, 3.63) is 96.8 Å². The molecule has 5 aromatic rings. The zero-order chi connectivity index (χ0) is 25.2. The number of allylic oxidation sites excluding steroid dienone is 1. The van der Waals surface area contributed by atoms with E-state index in [1.165, 1.54) is 5.39 Å². The first-order valence-electron chi connectivity index (χ1n) is 11.8. The highest BCUT2D eigenvalue weighted by molar-refractivity contribution is 6.07. The van der Waals surface area contributed by atoms with E-state index in [0.717, 1.165) is 50.0 Å². The molecule has 0 radical (unpaired) electrons. The van der Waals surface area contributed by atoms with E-state index in [2.05, 4.69) is 35.6 Å². The van der Waals surface area contributed by atoms with E-state index in [4.69, 9.17) is 9.15 Å². The first kappa shape index (κ1) is 23.2. The van der Waals surface area contributed by atoms with E-state index in [0.29, 0.717) is 5.75 Å². The van der Waals surface area contributed by atoms with Crippen LogP contribution in [0.1, 0.15) is 12.5 Å². The topological polar surface area (TPSA) is 54.7 Å². The summed E-state index contributed by atoms with van der Waals surface area (Å²) in [6, 6.07) is 26.2. The van der Waals surface area contributed by atoms with Crippen LogP contribution in [0.2, 0.25) is 0 Å². The molecule has 0 aliphatic heterocycles. The molecule has 0 atom stereocenters. The summed E-state index contributed by atoms with van der Waals surface area (Å²) < 4.78 is 11.6. The Bertz CT molecular complexity index is 1590. The molecule has 0 saturated heterocycles. The number of carbonyl (C=O) groups excluding carboxylic acids is 1. The number of rotatable bonds is 6. The minimum absolute atomic E-state index is 0.200. The van der Waals surface area contributed by atoms with Crippen LogP contribution in [-0.4, -0.2) is 27.1 Å². The van der Waals surface area contributed by atoms with Crippen molar-refractivity contribution in [1.82, 2.24) is 0 Å². The SMILES string of the molecule is COc1cc2occ(-c3cccc4ccccc34)c2cc1/C(C)=C/C(=O)Nc1ccc(N(C)C)cc1. The lowest BCUT2D eigenvalue weighted by Gasteiger charge is -2.13. The Hall–Kier alpha value is -4.51. The van der Waals surface area contributed by atoms with Gasteiger partial charge in [0.15, 0.2) is 0 Å². The Labute approximate surface area is 210 Å². The Morgan fingerprint density at radius 1 is 0.917 bits per heavy atom. The number of hydrogen-bond donors (Lipinski definition) is 1. The normalized spacial score (nSPS) is 11.6. The van der Waals surface area contributed by atoms with Gasteiger partial charge in [-0.05, 0) is 59.2 Å². The zero-order valence-electron chi connectivity index (χ0n) is 20.8. The van der Waals surface area contributed by atoms with E-state index in [1.807, 2.05) is 74.4 Å². The quantitative estimate of drug-likeness (QED) is 0.260. The average Bonchev–Trinajstić information content (AvgIpc) is 3.30. The number of anilines is 2. The maximum absolute atomic E-state index is 12.8. The molecule has 0 spiro atoms. The molecule has 5 nitrogen and oxygen atoms in total. The van der Waals surface area contributed by atoms with Crippen molar-refractivity contribution in [3.8, 4) is 16.9 Å². The van der Waals surface area contributed by atoms with Gasteiger partial charge in [0.2, 0.25) is 5.91 Å². The molecule has 0 bridgehead atoms. The minimum atomic E-state index is -0.200. The average molecular weight is 477 g/mol. The lowest BCUT2D eigenvalue weighted by molar-refractivity contribution is -0.111. The first-order chi connectivity index (χ1) is 17.4. The molecule has 36 heavy (non-hydrogen) atoms. The number of nitrogens with zero attached hydrogens (tertiary/aromatic N) is 1. The van der Waals surface area contributed by atoms with Gasteiger partial charge in [-0.15, -0.1) is 0 Å². The van der Waals surface area contributed by atoms with E-state index >= 15 is 0 Å². The number of hydrogen-bond acceptors (Lipinski definition) is 4. The van der Waals surface area contributed by atoms with Crippen LogP contribution >= 0.6 is 0 Å². The van der Waals surface area contributed by atoms with Gasteiger partial charge in [-0.1, -0.05) is 42.5 Å². The van der Waals surface area contributed by atoms with Crippen LogP contribution in [0.4, 0.5) is 11.4 Å². The van der Waals surface area contributed by atoms with Gasteiger partial charge in [0.25, 0.3) is 0 Å². The van der Waals surface area contributed by atoms with Crippen molar-refractivity contribution in [2.24, 2.45) is 0 Å². The van der Waals surface area contributed by atoms with Crippen molar-refractivity contribution in [2.45, 2.75) is 6.92 Å². The Balaban J connectivity index is 1.51. The summed E-state index contributed by atoms with van der Waals surface area (Å²) in [7, 11) is 5.59. The van der Waals surface area contributed by atoms with Gasteiger partial charge < -0.3 is 19.4 Å². The molecule has 5 heteroatoms. The van der Waals surface area contributed by atoms with E-state index in [9.17, 15) is 4.79 Å². The second-order valence-corrected chi connectivity index (χ2v) is 8.98. The predicted molar refractivity (Wildman–Crippen MR) is 149 cm³/mol. The molecule has 5 rings (SSSR count). The van der Waals surface area contributed by atoms with Crippen LogP contribution in [0.15, 0.2) is 95.6 Å². The maximum atomic E-state index is 12.8. The number of furan rings is 1. The van der Waals surface area contributed by atoms with Crippen molar-refractivity contribution in [3.63, 3.8) is 0 Å². The van der Waals surface area contributed by atoms with Gasteiger partial charge >= 0.3 is 0 Å². The van der Waals surface area contributed by atoms with Gasteiger partial charge in [-0.2, -0.15) is 0 Å². The number of nitrogens with one attached hydrogen (secondary N) is 1. The summed E-state index contributed by atoms with van der Waals surface area (Å²) in [6.07, 6.45) is 3.39. The number of ether oxygens (including phenoxy) is 1. The van der Waals surface area contributed by atoms with Gasteiger partial charge in [-0.3, -0.25) is 4.79 Å². The maximum Gasteiger partial charge on any atom is 0.248 e. The zero-order valence-corrected chi connectivity index (χ0v) is 20.8. The van der Waals surface area contributed by atoms with Gasteiger partial charge in [0, 0.05) is 54.1 Å². The van der Waals surface area contributed by atoms with Crippen molar-refractivity contribution in [1.29, 1.82) is 0 Å². The fraction of sp³-hybridized carbons (Fsp3) is 0.129. The van der Waals surface area contributed by atoms with E-state index < -0.39 is 0 Å². The summed E-state index contributed by atoms with van der Waals surface area (Å²) in [5.74, 6) is 0.451. The van der Waals surface area contributed by atoms with Crippen molar-refractivity contribution in [2.75, 3.05) is 31.4 Å². The molecule has 4 aromatic carbocycles. The minimum Gasteiger partial charge on any atom is -0.496 e. The highest BCUT2D eigenvalue weighted by atomic mass is 16.5. The number of methoxy groups -OCH3 is 1. The third-order valence-corrected chi connectivity index (χ3v) is 6.40. The second kappa shape index (κ2) is 9.62. The summed E-state index contributed by atoms with van der Waals surface area (Å²) in [5, 5.41) is 6.24. The van der Waals surface area contributed by atoms with Crippen molar-refractivity contribution >= 4 is 44.6 Å². The lowest BCUT2D eigenvalue weighted by Crippen LogP contribution is -2.10. The summed E-state index contributed by atoms with van der Waals surface area (Å²) >= 11 is 0. The number of carbonyl (C=O) groups is 1. The summed E-state index contributed by atoms with van der Waals surface area (Å²) in [4.78, 5) is 14.8. The number of amides is 1. The number of benzene rings is 4. The molecule has 1 N–H and O–H groups in total. The standard InChI is InChI=1S/C31H28N2O3/c1-20(16-31(34)32-22-12-14-23(15-13-22)33(2)3)26-17-27-28(19-36-30(27)18-29(26)35-4)25-11-7-9-21-8-5-6-10-24(21)25/h5-19H,1-4H3,(H,32,34)/b20-16+. The molecule has 0 aliphatic carbocycles. The fourth-order valence-corrected chi connectivity index (χ4v) is 4.50. The summed E-state index contributed by atoms with van der Waals surface area (Å²) in [6.45, 7) is 1.91. The van der Waals surface area contributed by atoms with Crippen LogP contribution < -0.4 is 15.0 Å². The largest absolute Gasteiger partial charge is 0.496 e.